The molecule has 6 nitrogen and oxygen atoms in total. The number of rotatable bonds is 6. The summed E-state index contributed by atoms with van der Waals surface area (Å²) in [4.78, 5) is 17.0. The van der Waals surface area contributed by atoms with Crippen LogP contribution in [0.2, 0.25) is 0 Å². The van der Waals surface area contributed by atoms with Crippen LogP contribution in [0, 0.1) is 6.92 Å². The smallest absolute Gasteiger partial charge is 0.255 e. The lowest BCUT2D eigenvalue weighted by molar-refractivity contribution is 0.0949. The zero-order valence-corrected chi connectivity index (χ0v) is 15.5. The van der Waals surface area contributed by atoms with Gasteiger partial charge in [-0.3, -0.25) is 9.78 Å². The Labute approximate surface area is 158 Å². The van der Waals surface area contributed by atoms with E-state index in [0.717, 1.165) is 41.2 Å². The third-order valence-corrected chi connectivity index (χ3v) is 4.83. The molecule has 2 heterocycles. The van der Waals surface area contributed by atoms with Crippen LogP contribution in [0.15, 0.2) is 48.8 Å². The lowest BCUT2D eigenvalue weighted by Gasteiger charge is -2.08. The minimum atomic E-state index is -0.0852. The molecule has 138 valence electrons. The van der Waals surface area contributed by atoms with E-state index >= 15 is 0 Å². The first kappa shape index (κ1) is 17.3. The predicted octanol–water partition coefficient (Wildman–Crippen LogP) is 3.39. The Hall–Kier alpha value is -3.15. The number of amides is 1. The SMILES string of the molecule is COc1ccc(-n2nc(C3CC3)c(C(=O)NCc3cccnc3)c2C)cc1. The first-order valence-electron chi connectivity index (χ1n) is 9.08. The van der Waals surface area contributed by atoms with Crippen LogP contribution in [0.1, 0.15) is 46.1 Å². The van der Waals surface area contributed by atoms with Crippen LogP contribution in [0.5, 0.6) is 5.75 Å². The lowest BCUT2D eigenvalue weighted by atomic mass is 10.1. The molecule has 1 aromatic carbocycles. The molecule has 3 aromatic rings. The van der Waals surface area contributed by atoms with E-state index < -0.39 is 0 Å². The van der Waals surface area contributed by atoms with E-state index in [1.54, 1.807) is 19.5 Å². The predicted molar refractivity (Wildman–Crippen MR) is 102 cm³/mol. The van der Waals surface area contributed by atoms with Crippen molar-refractivity contribution in [3.8, 4) is 11.4 Å². The van der Waals surface area contributed by atoms with Gasteiger partial charge in [0, 0.05) is 24.9 Å². The Bertz CT molecular complexity index is 944. The molecular weight excluding hydrogens is 340 g/mol. The molecule has 1 saturated carbocycles. The molecule has 0 spiro atoms. The van der Waals surface area contributed by atoms with Gasteiger partial charge in [0.15, 0.2) is 0 Å². The van der Waals surface area contributed by atoms with Crippen LogP contribution in [-0.2, 0) is 6.54 Å². The maximum atomic E-state index is 12.9. The molecule has 27 heavy (non-hydrogen) atoms. The van der Waals surface area contributed by atoms with E-state index in [2.05, 4.69) is 10.3 Å². The second-order valence-corrected chi connectivity index (χ2v) is 6.77. The normalized spacial score (nSPS) is 13.4. The van der Waals surface area contributed by atoms with Crippen molar-refractivity contribution in [2.45, 2.75) is 32.2 Å². The molecule has 1 aliphatic rings. The number of ether oxygens (including phenoxy) is 1. The van der Waals surface area contributed by atoms with E-state index in [4.69, 9.17) is 9.84 Å². The van der Waals surface area contributed by atoms with Crippen LogP contribution in [0.3, 0.4) is 0 Å². The van der Waals surface area contributed by atoms with Gasteiger partial charge in [-0.2, -0.15) is 5.10 Å². The third-order valence-electron chi connectivity index (χ3n) is 4.83. The summed E-state index contributed by atoms with van der Waals surface area (Å²) < 4.78 is 7.08. The lowest BCUT2D eigenvalue weighted by Crippen LogP contribution is -2.24. The quantitative estimate of drug-likeness (QED) is 0.730. The van der Waals surface area contributed by atoms with Crippen molar-refractivity contribution in [2.75, 3.05) is 7.11 Å². The largest absolute Gasteiger partial charge is 0.497 e. The standard InChI is InChI=1S/C21H22N4O2/c1-14-19(21(26)23-13-15-4-3-11-22-12-15)20(16-5-6-16)24-25(14)17-7-9-18(27-2)10-8-17/h3-4,7-12,16H,5-6,13H2,1-2H3,(H,23,26). The second-order valence-electron chi connectivity index (χ2n) is 6.77. The van der Waals surface area contributed by atoms with Crippen molar-refractivity contribution in [2.24, 2.45) is 0 Å². The van der Waals surface area contributed by atoms with Gasteiger partial charge in [-0.25, -0.2) is 4.68 Å². The highest BCUT2D eigenvalue weighted by molar-refractivity contribution is 5.96. The average Bonchev–Trinajstić information content (AvgIpc) is 3.50. The number of methoxy groups -OCH3 is 1. The van der Waals surface area contributed by atoms with Crippen LogP contribution < -0.4 is 10.1 Å². The van der Waals surface area contributed by atoms with Gasteiger partial charge in [0.1, 0.15) is 5.75 Å². The fourth-order valence-corrected chi connectivity index (χ4v) is 3.20. The molecule has 4 rings (SSSR count). The van der Waals surface area contributed by atoms with Crippen molar-refractivity contribution < 1.29 is 9.53 Å². The number of hydrogen-bond acceptors (Lipinski definition) is 4. The van der Waals surface area contributed by atoms with Crippen molar-refractivity contribution in [1.82, 2.24) is 20.1 Å². The summed E-state index contributed by atoms with van der Waals surface area (Å²) in [6, 6.07) is 11.5. The summed E-state index contributed by atoms with van der Waals surface area (Å²) in [5.74, 6) is 1.08. The van der Waals surface area contributed by atoms with Crippen LogP contribution in [-0.4, -0.2) is 27.8 Å². The third kappa shape index (κ3) is 3.56. The molecular formula is C21H22N4O2. The summed E-state index contributed by atoms with van der Waals surface area (Å²) in [7, 11) is 1.64. The Morgan fingerprint density at radius 1 is 1.26 bits per heavy atom. The molecule has 0 radical (unpaired) electrons. The van der Waals surface area contributed by atoms with Crippen molar-refractivity contribution in [3.63, 3.8) is 0 Å². The Morgan fingerprint density at radius 3 is 2.67 bits per heavy atom. The number of carbonyl (C=O) groups is 1. The number of carbonyl (C=O) groups excluding carboxylic acids is 1. The van der Waals surface area contributed by atoms with Crippen molar-refractivity contribution in [3.05, 3.63) is 71.3 Å². The number of pyridine rings is 1. The molecule has 0 aliphatic heterocycles. The molecule has 1 amide bonds. The van der Waals surface area contributed by atoms with Crippen LogP contribution in [0.4, 0.5) is 0 Å². The first-order valence-corrected chi connectivity index (χ1v) is 9.08. The minimum absolute atomic E-state index is 0.0852. The van der Waals surface area contributed by atoms with Gasteiger partial charge in [-0.05, 0) is 55.7 Å². The summed E-state index contributed by atoms with van der Waals surface area (Å²) in [5.41, 5.74) is 4.33. The molecule has 0 saturated heterocycles. The zero-order chi connectivity index (χ0) is 18.8. The van der Waals surface area contributed by atoms with E-state index in [0.29, 0.717) is 18.0 Å². The van der Waals surface area contributed by atoms with Gasteiger partial charge in [-0.15, -0.1) is 0 Å². The summed E-state index contributed by atoms with van der Waals surface area (Å²) in [5, 5.41) is 7.79. The fourth-order valence-electron chi connectivity index (χ4n) is 3.20. The summed E-state index contributed by atoms with van der Waals surface area (Å²) in [6.07, 6.45) is 5.65. The molecule has 0 atom stereocenters. The molecule has 0 unspecified atom stereocenters. The van der Waals surface area contributed by atoms with Crippen LogP contribution >= 0.6 is 0 Å². The molecule has 1 aliphatic carbocycles. The maximum Gasteiger partial charge on any atom is 0.255 e. The molecule has 2 aromatic heterocycles. The fraction of sp³-hybridized carbons (Fsp3) is 0.286. The first-order chi connectivity index (χ1) is 13.2. The Morgan fingerprint density at radius 2 is 2.04 bits per heavy atom. The van der Waals surface area contributed by atoms with Gasteiger partial charge < -0.3 is 10.1 Å². The number of hydrogen-bond donors (Lipinski definition) is 1. The highest BCUT2D eigenvalue weighted by atomic mass is 16.5. The number of nitrogens with zero attached hydrogens (tertiary/aromatic N) is 3. The van der Waals surface area contributed by atoms with E-state index in [-0.39, 0.29) is 5.91 Å². The van der Waals surface area contributed by atoms with Crippen LogP contribution in [0.25, 0.3) is 5.69 Å². The number of aromatic nitrogens is 3. The van der Waals surface area contributed by atoms with Crippen molar-refractivity contribution >= 4 is 5.91 Å². The molecule has 1 fully saturated rings. The highest BCUT2D eigenvalue weighted by Gasteiger charge is 2.33. The zero-order valence-electron chi connectivity index (χ0n) is 15.5. The maximum absolute atomic E-state index is 12.9. The summed E-state index contributed by atoms with van der Waals surface area (Å²) in [6.45, 7) is 2.39. The van der Waals surface area contributed by atoms with Crippen molar-refractivity contribution in [1.29, 1.82) is 0 Å². The second kappa shape index (κ2) is 7.23. The van der Waals surface area contributed by atoms with Gasteiger partial charge in [0.2, 0.25) is 0 Å². The van der Waals surface area contributed by atoms with E-state index in [1.165, 1.54) is 0 Å². The number of benzene rings is 1. The molecule has 1 N–H and O–H groups in total. The molecule has 0 bridgehead atoms. The molecule has 6 heteroatoms. The topological polar surface area (TPSA) is 69.0 Å². The van der Waals surface area contributed by atoms with Gasteiger partial charge in [0.05, 0.1) is 29.7 Å². The average molecular weight is 362 g/mol. The van der Waals surface area contributed by atoms with Gasteiger partial charge in [0.25, 0.3) is 5.91 Å². The number of nitrogens with one attached hydrogen (secondary N) is 1. The minimum Gasteiger partial charge on any atom is -0.497 e. The van der Waals surface area contributed by atoms with Gasteiger partial charge >= 0.3 is 0 Å². The highest BCUT2D eigenvalue weighted by Crippen LogP contribution is 2.42. The van der Waals surface area contributed by atoms with E-state index in [9.17, 15) is 4.79 Å². The Kier molecular flexibility index (Phi) is 4.62. The monoisotopic (exact) mass is 362 g/mol. The Balaban J connectivity index is 1.63. The van der Waals surface area contributed by atoms with E-state index in [1.807, 2.05) is 48.0 Å². The summed E-state index contributed by atoms with van der Waals surface area (Å²) >= 11 is 0. The van der Waals surface area contributed by atoms with Gasteiger partial charge in [-0.1, -0.05) is 6.07 Å².